The molecule has 2 saturated heterocycles. The van der Waals surface area contributed by atoms with Crippen molar-refractivity contribution in [2.24, 2.45) is 7.05 Å². The first-order chi connectivity index (χ1) is 18.7. The Kier molecular flexibility index (Phi) is 9.08. The summed E-state index contributed by atoms with van der Waals surface area (Å²) in [6.07, 6.45) is -0.242. The number of carboxylic acid groups (broad SMARTS) is 1. The normalized spacial score (nSPS) is 18.4. The molecular formula is C29H39N5O5. The number of imidazole rings is 1. The molecule has 3 heterocycles. The second kappa shape index (κ2) is 12.5. The fraction of sp³-hybridized carbons (Fsp3) is 0.483. The summed E-state index contributed by atoms with van der Waals surface area (Å²) in [7, 11) is 2.08. The maximum atomic E-state index is 12.7. The molecule has 0 saturated carbocycles. The molecule has 10 heteroatoms. The van der Waals surface area contributed by atoms with Crippen LogP contribution in [0.4, 0.5) is 10.5 Å². The number of piperazine rings is 1. The van der Waals surface area contributed by atoms with Gasteiger partial charge in [-0.15, -0.1) is 0 Å². The fourth-order valence-corrected chi connectivity index (χ4v) is 5.10. The van der Waals surface area contributed by atoms with Gasteiger partial charge >= 0.3 is 6.09 Å². The zero-order valence-electron chi connectivity index (χ0n) is 23.2. The predicted molar refractivity (Wildman–Crippen MR) is 151 cm³/mol. The molecular weight excluding hydrogens is 498 g/mol. The summed E-state index contributed by atoms with van der Waals surface area (Å²) < 4.78 is 13.5. The van der Waals surface area contributed by atoms with Crippen molar-refractivity contribution in [2.45, 2.75) is 32.4 Å². The Balaban J connectivity index is 0.00000112. The first kappa shape index (κ1) is 28.4. The molecule has 210 valence electrons. The van der Waals surface area contributed by atoms with Crippen LogP contribution in [0.1, 0.15) is 20.8 Å². The molecule has 1 atom stereocenters. The Labute approximate surface area is 229 Å². The van der Waals surface area contributed by atoms with Gasteiger partial charge < -0.3 is 24.0 Å². The number of carbonyl (C=O) groups excluding carboxylic acids is 1. The number of aromatic nitrogens is 2. The summed E-state index contributed by atoms with van der Waals surface area (Å²) in [6.45, 7) is 11.7. The highest BCUT2D eigenvalue weighted by Gasteiger charge is 2.33. The van der Waals surface area contributed by atoms with Crippen molar-refractivity contribution in [3.8, 4) is 11.4 Å². The molecule has 3 aromatic rings. The smallest absolute Gasteiger partial charge is 0.410 e. The third kappa shape index (κ3) is 7.07. The average molecular weight is 538 g/mol. The molecule has 0 bridgehead atoms. The molecule has 5 rings (SSSR count). The first-order valence-electron chi connectivity index (χ1n) is 13.3. The molecule has 1 unspecified atom stereocenters. The third-order valence-corrected chi connectivity index (χ3v) is 6.95. The van der Waals surface area contributed by atoms with Gasteiger partial charge in [0.05, 0.1) is 30.3 Å². The lowest BCUT2D eigenvalue weighted by Crippen LogP contribution is -2.57. The van der Waals surface area contributed by atoms with Crippen LogP contribution >= 0.6 is 0 Å². The topological polar surface area (TPSA) is 100 Å². The maximum absolute atomic E-state index is 12.7. The van der Waals surface area contributed by atoms with E-state index in [1.54, 1.807) is 0 Å². The first-order valence-corrected chi connectivity index (χ1v) is 13.3. The lowest BCUT2D eigenvalue weighted by atomic mass is 10.1. The Morgan fingerprint density at radius 1 is 1.10 bits per heavy atom. The van der Waals surface area contributed by atoms with Crippen LogP contribution < -0.4 is 4.90 Å². The third-order valence-electron chi connectivity index (χ3n) is 6.95. The van der Waals surface area contributed by atoms with E-state index in [1.165, 1.54) is 5.69 Å². The van der Waals surface area contributed by atoms with Crippen LogP contribution in [0.15, 0.2) is 48.5 Å². The summed E-state index contributed by atoms with van der Waals surface area (Å²) >= 11 is 0. The Morgan fingerprint density at radius 3 is 2.51 bits per heavy atom. The van der Waals surface area contributed by atoms with Crippen LogP contribution in [0.3, 0.4) is 0 Å². The van der Waals surface area contributed by atoms with Crippen molar-refractivity contribution in [2.75, 3.05) is 57.4 Å². The summed E-state index contributed by atoms with van der Waals surface area (Å²) in [5, 5.41) is 6.89. The van der Waals surface area contributed by atoms with E-state index in [9.17, 15) is 4.79 Å². The quantitative estimate of drug-likeness (QED) is 0.503. The molecule has 1 amide bonds. The lowest BCUT2D eigenvalue weighted by Gasteiger charge is -2.42. The standard InChI is InChI=1S/C28H37N5O3.CH2O2/c1-28(2,3)36-27(34)33-16-17-35-20-23(33)19-31-12-14-32(15-13-31)22-9-7-8-21(18-22)26-29-24-10-5-6-11-25(24)30(26)4;2-1-3/h5-11,18,23H,12-17,19-20H2,1-4H3;1H,(H,2,3). The summed E-state index contributed by atoms with van der Waals surface area (Å²) in [5.74, 6) is 0.983. The van der Waals surface area contributed by atoms with E-state index in [1.807, 2.05) is 31.7 Å². The predicted octanol–water partition coefficient (Wildman–Crippen LogP) is 3.70. The second-order valence-corrected chi connectivity index (χ2v) is 10.8. The highest BCUT2D eigenvalue weighted by molar-refractivity contribution is 5.81. The number of morpholine rings is 1. The van der Waals surface area contributed by atoms with Crippen molar-refractivity contribution in [1.82, 2.24) is 19.4 Å². The number of ether oxygens (including phenoxy) is 2. The molecule has 10 nitrogen and oxygen atoms in total. The van der Waals surface area contributed by atoms with Crippen molar-refractivity contribution in [3.05, 3.63) is 48.5 Å². The minimum atomic E-state index is -0.498. The SMILES string of the molecule is Cn1c(-c2cccc(N3CCN(CC4COCCN4C(=O)OC(C)(C)C)CC3)c2)nc2ccccc21.O=CO. The van der Waals surface area contributed by atoms with Crippen LogP contribution in [0.5, 0.6) is 0 Å². The van der Waals surface area contributed by atoms with Crippen LogP contribution in [0.2, 0.25) is 0 Å². The van der Waals surface area contributed by atoms with Gasteiger partial charge in [-0.05, 0) is 45.0 Å². The van der Waals surface area contributed by atoms with Crippen molar-refractivity contribution >= 4 is 29.3 Å². The highest BCUT2D eigenvalue weighted by Crippen LogP contribution is 2.28. The number of carbonyl (C=O) groups is 2. The van der Waals surface area contributed by atoms with E-state index in [0.29, 0.717) is 19.8 Å². The van der Waals surface area contributed by atoms with Crippen LogP contribution in [0.25, 0.3) is 22.4 Å². The zero-order valence-corrected chi connectivity index (χ0v) is 23.2. The van der Waals surface area contributed by atoms with Gasteiger partial charge in [0, 0.05) is 57.6 Å². The molecule has 1 aromatic heterocycles. The molecule has 0 spiro atoms. The van der Waals surface area contributed by atoms with Gasteiger partial charge in [0.1, 0.15) is 11.4 Å². The number of para-hydroxylation sites is 2. The summed E-state index contributed by atoms with van der Waals surface area (Å²) in [6, 6.07) is 16.9. The number of amides is 1. The largest absolute Gasteiger partial charge is 0.483 e. The zero-order chi connectivity index (χ0) is 28.0. The van der Waals surface area contributed by atoms with Gasteiger partial charge in [-0.3, -0.25) is 14.6 Å². The van der Waals surface area contributed by atoms with E-state index >= 15 is 0 Å². The Morgan fingerprint density at radius 2 is 1.82 bits per heavy atom. The van der Waals surface area contributed by atoms with E-state index in [0.717, 1.165) is 55.1 Å². The number of hydrogen-bond acceptors (Lipinski definition) is 7. The van der Waals surface area contributed by atoms with E-state index in [4.69, 9.17) is 24.4 Å². The van der Waals surface area contributed by atoms with Crippen molar-refractivity contribution in [3.63, 3.8) is 0 Å². The highest BCUT2D eigenvalue weighted by atomic mass is 16.6. The van der Waals surface area contributed by atoms with Gasteiger partial charge in [-0.25, -0.2) is 9.78 Å². The molecule has 0 aliphatic carbocycles. The summed E-state index contributed by atoms with van der Waals surface area (Å²) in [5.41, 5.74) is 4.00. The van der Waals surface area contributed by atoms with Crippen LogP contribution in [-0.4, -0.2) is 101 Å². The van der Waals surface area contributed by atoms with Gasteiger partial charge in [0.25, 0.3) is 6.47 Å². The van der Waals surface area contributed by atoms with Crippen LogP contribution in [0, 0.1) is 0 Å². The maximum Gasteiger partial charge on any atom is 0.410 e. The molecule has 1 N–H and O–H groups in total. The fourth-order valence-electron chi connectivity index (χ4n) is 5.10. The number of rotatable bonds is 4. The minimum absolute atomic E-state index is 0.0148. The molecule has 2 aromatic carbocycles. The van der Waals surface area contributed by atoms with E-state index in [2.05, 4.69) is 63.9 Å². The molecule has 2 aliphatic heterocycles. The van der Waals surface area contributed by atoms with E-state index in [-0.39, 0.29) is 18.6 Å². The number of nitrogens with zero attached hydrogens (tertiary/aromatic N) is 5. The number of aryl methyl sites for hydroxylation is 1. The number of benzene rings is 2. The number of fused-ring (bicyclic) bond motifs is 1. The minimum Gasteiger partial charge on any atom is -0.483 e. The molecule has 2 aliphatic rings. The number of anilines is 1. The van der Waals surface area contributed by atoms with Gasteiger partial charge in [0.15, 0.2) is 0 Å². The Bertz CT molecular complexity index is 1260. The average Bonchev–Trinajstić information content (AvgIpc) is 3.25. The molecule has 2 fully saturated rings. The monoisotopic (exact) mass is 537 g/mol. The Hall–Kier alpha value is -3.63. The second-order valence-electron chi connectivity index (χ2n) is 10.8. The van der Waals surface area contributed by atoms with Crippen LogP contribution in [-0.2, 0) is 21.3 Å². The van der Waals surface area contributed by atoms with Crippen molar-refractivity contribution in [1.29, 1.82) is 0 Å². The van der Waals surface area contributed by atoms with Gasteiger partial charge in [-0.1, -0.05) is 24.3 Å². The lowest BCUT2D eigenvalue weighted by molar-refractivity contribution is -0.122. The van der Waals surface area contributed by atoms with E-state index < -0.39 is 5.60 Å². The number of hydrogen-bond donors (Lipinski definition) is 1. The molecule has 39 heavy (non-hydrogen) atoms. The van der Waals surface area contributed by atoms with Crippen molar-refractivity contribution < 1.29 is 24.2 Å². The van der Waals surface area contributed by atoms with Gasteiger partial charge in [0.2, 0.25) is 0 Å². The van der Waals surface area contributed by atoms with Gasteiger partial charge in [-0.2, -0.15) is 0 Å². The molecule has 0 radical (unpaired) electrons. The summed E-state index contributed by atoms with van der Waals surface area (Å²) in [4.78, 5) is 32.7.